The summed E-state index contributed by atoms with van der Waals surface area (Å²) in [4.78, 5) is 12.5. The molecule has 1 atom stereocenters. The maximum Gasteiger partial charge on any atom is 0.240 e. The molecule has 0 bridgehead atoms. The van der Waals surface area contributed by atoms with Crippen molar-refractivity contribution in [1.82, 2.24) is 16.0 Å². The number of carbonyl (C=O) groups excluding carboxylic acids is 1. The molecule has 5 nitrogen and oxygen atoms in total. The van der Waals surface area contributed by atoms with Crippen molar-refractivity contribution in [2.45, 2.75) is 44.6 Å². The zero-order valence-electron chi connectivity index (χ0n) is 12.9. The number of carbonyl (C=O) groups is 1. The van der Waals surface area contributed by atoms with E-state index in [-0.39, 0.29) is 16.9 Å². The van der Waals surface area contributed by atoms with Gasteiger partial charge in [0.05, 0.1) is 12.1 Å². The largest absolute Gasteiger partial charge is 0.384 e. The third kappa shape index (κ3) is 3.71. The van der Waals surface area contributed by atoms with Crippen LogP contribution in [0.3, 0.4) is 0 Å². The van der Waals surface area contributed by atoms with Gasteiger partial charge in [0.15, 0.2) is 0 Å². The van der Waals surface area contributed by atoms with Crippen LogP contribution < -0.4 is 16.0 Å². The van der Waals surface area contributed by atoms with Gasteiger partial charge in [-0.25, -0.2) is 0 Å². The van der Waals surface area contributed by atoms with Crippen molar-refractivity contribution in [3.8, 4) is 0 Å². The summed E-state index contributed by atoms with van der Waals surface area (Å²) in [5.41, 5.74) is -0.292. The Morgan fingerprint density at radius 2 is 1.95 bits per heavy atom. The third-order valence-electron chi connectivity index (χ3n) is 4.86. The lowest BCUT2D eigenvalue weighted by Crippen LogP contribution is -2.59. The number of piperidine rings is 2. The molecule has 3 N–H and O–H groups in total. The summed E-state index contributed by atoms with van der Waals surface area (Å²) in [7, 11) is 1.75. The average Bonchev–Trinajstić information content (AvgIpc) is 2.47. The van der Waals surface area contributed by atoms with Crippen LogP contribution in [0.2, 0.25) is 0 Å². The molecule has 2 aliphatic rings. The molecule has 2 saturated heterocycles. The number of nitrogens with one attached hydrogen (secondary N) is 3. The standard InChI is InChI=1S/C15H29N3O2/c1-14(5-3-4-8-18-14)13(19)17-11-15(12-20-2)6-9-16-10-7-15/h16,18H,3-12H2,1-2H3,(H,17,19). The normalized spacial score (nSPS) is 29.9. The first kappa shape index (κ1) is 15.7. The highest BCUT2D eigenvalue weighted by atomic mass is 16.5. The minimum Gasteiger partial charge on any atom is -0.384 e. The number of rotatable bonds is 5. The zero-order chi connectivity index (χ0) is 14.5. The predicted octanol–water partition coefficient (Wildman–Crippen LogP) is 0.651. The van der Waals surface area contributed by atoms with Crippen LogP contribution in [0.1, 0.15) is 39.0 Å². The van der Waals surface area contributed by atoms with Crippen LogP contribution in [0, 0.1) is 5.41 Å². The van der Waals surface area contributed by atoms with E-state index in [9.17, 15) is 4.79 Å². The van der Waals surface area contributed by atoms with Crippen LogP contribution in [0.25, 0.3) is 0 Å². The molecule has 5 heteroatoms. The summed E-state index contributed by atoms with van der Waals surface area (Å²) < 4.78 is 5.39. The SMILES string of the molecule is COCC1(CNC(=O)C2(C)CCCCN2)CCNCC1. The minimum atomic E-state index is -0.389. The van der Waals surface area contributed by atoms with Crippen molar-refractivity contribution >= 4 is 5.91 Å². The lowest BCUT2D eigenvalue weighted by atomic mass is 9.79. The smallest absolute Gasteiger partial charge is 0.240 e. The number of ether oxygens (including phenoxy) is 1. The van der Waals surface area contributed by atoms with Gasteiger partial charge >= 0.3 is 0 Å². The first-order valence-electron chi connectivity index (χ1n) is 7.83. The van der Waals surface area contributed by atoms with E-state index in [1.54, 1.807) is 7.11 Å². The van der Waals surface area contributed by atoms with Crippen LogP contribution in [0.4, 0.5) is 0 Å². The molecule has 0 saturated carbocycles. The van der Waals surface area contributed by atoms with E-state index in [0.29, 0.717) is 0 Å². The van der Waals surface area contributed by atoms with Crippen molar-refractivity contribution in [3.05, 3.63) is 0 Å². The molecular weight excluding hydrogens is 254 g/mol. The monoisotopic (exact) mass is 283 g/mol. The molecule has 0 aromatic heterocycles. The fraction of sp³-hybridized carbons (Fsp3) is 0.933. The van der Waals surface area contributed by atoms with Gasteiger partial charge in [-0.3, -0.25) is 4.79 Å². The van der Waals surface area contributed by atoms with Crippen LogP contribution in [-0.2, 0) is 9.53 Å². The molecule has 1 amide bonds. The van der Waals surface area contributed by atoms with Crippen molar-refractivity contribution in [2.24, 2.45) is 5.41 Å². The van der Waals surface area contributed by atoms with Crippen molar-refractivity contribution in [1.29, 1.82) is 0 Å². The summed E-state index contributed by atoms with van der Waals surface area (Å²) in [6.45, 7) is 6.42. The number of amides is 1. The summed E-state index contributed by atoms with van der Waals surface area (Å²) in [6.07, 6.45) is 5.35. The van der Waals surface area contributed by atoms with Gasteiger partial charge in [0.25, 0.3) is 0 Å². The molecule has 2 heterocycles. The highest BCUT2D eigenvalue weighted by Crippen LogP contribution is 2.28. The third-order valence-corrected chi connectivity index (χ3v) is 4.86. The number of methoxy groups -OCH3 is 1. The molecule has 20 heavy (non-hydrogen) atoms. The number of hydrogen-bond donors (Lipinski definition) is 3. The van der Waals surface area contributed by atoms with E-state index in [1.165, 1.54) is 6.42 Å². The van der Waals surface area contributed by atoms with Gasteiger partial charge in [-0.15, -0.1) is 0 Å². The van der Waals surface area contributed by atoms with E-state index in [2.05, 4.69) is 16.0 Å². The maximum absolute atomic E-state index is 12.5. The van der Waals surface area contributed by atoms with E-state index in [1.807, 2.05) is 6.92 Å². The Kier molecular flexibility index (Phi) is 5.41. The summed E-state index contributed by atoms with van der Waals surface area (Å²) >= 11 is 0. The van der Waals surface area contributed by atoms with Crippen LogP contribution in [0.15, 0.2) is 0 Å². The second-order valence-corrected chi connectivity index (χ2v) is 6.58. The van der Waals surface area contributed by atoms with Crippen molar-refractivity contribution < 1.29 is 9.53 Å². The Labute approximate surface area is 122 Å². The summed E-state index contributed by atoms with van der Waals surface area (Å²) in [6, 6.07) is 0. The molecule has 2 fully saturated rings. The highest BCUT2D eigenvalue weighted by Gasteiger charge is 2.37. The Balaban J connectivity index is 1.89. The highest BCUT2D eigenvalue weighted by molar-refractivity contribution is 5.86. The van der Waals surface area contributed by atoms with E-state index in [4.69, 9.17) is 4.74 Å². The molecule has 0 aromatic carbocycles. The Morgan fingerprint density at radius 3 is 2.55 bits per heavy atom. The fourth-order valence-corrected chi connectivity index (χ4v) is 3.35. The maximum atomic E-state index is 12.5. The second kappa shape index (κ2) is 6.87. The van der Waals surface area contributed by atoms with Crippen molar-refractivity contribution in [3.63, 3.8) is 0 Å². The predicted molar refractivity (Wildman–Crippen MR) is 79.7 cm³/mol. The Hall–Kier alpha value is -0.650. The second-order valence-electron chi connectivity index (χ2n) is 6.58. The van der Waals surface area contributed by atoms with E-state index >= 15 is 0 Å². The summed E-state index contributed by atoms with van der Waals surface area (Å²) in [5, 5.41) is 9.93. The van der Waals surface area contributed by atoms with Gasteiger partial charge in [0.1, 0.15) is 0 Å². The molecule has 116 valence electrons. The van der Waals surface area contributed by atoms with Gasteiger partial charge in [0.2, 0.25) is 5.91 Å². The van der Waals surface area contributed by atoms with Gasteiger partial charge < -0.3 is 20.7 Å². The van der Waals surface area contributed by atoms with Gasteiger partial charge in [-0.2, -0.15) is 0 Å². The molecule has 2 aliphatic heterocycles. The van der Waals surface area contributed by atoms with Crippen LogP contribution in [-0.4, -0.2) is 51.3 Å². The van der Waals surface area contributed by atoms with E-state index in [0.717, 1.165) is 58.5 Å². The Bertz CT molecular complexity index is 316. The first-order chi connectivity index (χ1) is 9.60. The molecule has 1 unspecified atom stereocenters. The van der Waals surface area contributed by atoms with Gasteiger partial charge in [-0.05, 0) is 58.7 Å². The van der Waals surface area contributed by atoms with E-state index < -0.39 is 0 Å². The average molecular weight is 283 g/mol. The molecule has 0 aromatic rings. The van der Waals surface area contributed by atoms with Crippen LogP contribution >= 0.6 is 0 Å². The molecule has 0 aliphatic carbocycles. The lowest BCUT2D eigenvalue weighted by Gasteiger charge is -2.39. The lowest BCUT2D eigenvalue weighted by molar-refractivity contribution is -0.128. The molecular formula is C15H29N3O2. The van der Waals surface area contributed by atoms with Crippen molar-refractivity contribution in [2.75, 3.05) is 39.9 Å². The molecule has 0 radical (unpaired) electrons. The van der Waals surface area contributed by atoms with Gasteiger partial charge in [0, 0.05) is 19.1 Å². The van der Waals surface area contributed by atoms with Crippen LogP contribution in [0.5, 0.6) is 0 Å². The fourth-order valence-electron chi connectivity index (χ4n) is 3.35. The minimum absolute atomic E-state index is 0.0979. The quantitative estimate of drug-likeness (QED) is 0.693. The first-order valence-corrected chi connectivity index (χ1v) is 7.83. The number of hydrogen-bond acceptors (Lipinski definition) is 4. The topological polar surface area (TPSA) is 62.4 Å². The summed E-state index contributed by atoms with van der Waals surface area (Å²) in [5.74, 6) is 0.145. The molecule has 2 rings (SSSR count). The van der Waals surface area contributed by atoms with Gasteiger partial charge in [-0.1, -0.05) is 0 Å². The molecule has 0 spiro atoms. The zero-order valence-corrected chi connectivity index (χ0v) is 12.9. The Morgan fingerprint density at radius 1 is 1.20 bits per heavy atom.